The van der Waals surface area contributed by atoms with E-state index in [1.54, 1.807) is 5.56 Å². The monoisotopic (exact) mass is 288 g/mol. The number of rotatable bonds is 7. The first kappa shape index (κ1) is 16.4. The minimum atomic E-state index is 0.761. The summed E-state index contributed by atoms with van der Waals surface area (Å²) >= 11 is 0. The van der Waals surface area contributed by atoms with Crippen molar-refractivity contribution in [2.45, 2.75) is 51.9 Å². The van der Waals surface area contributed by atoms with E-state index in [2.05, 4.69) is 55.0 Å². The summed E-state index contributed by atoms with van der Waals surface area (Å²) in [6.07, 6.45) is 6.62. The van der Waals surface area contributed by atoms with Crippen LogP contribution in [0.15, 0.2) is 24.3 Å². The maximum atomic E-state index is 2.52. The molecule has 0 amide bonds. The Kier molecular flexibility index (Phi) is 6.56. The fourth-order valence-electron chi connectivity index (χ4n) is 3.30. The van der Waals surface area contributed by atoms with Gasteiger partial charge in [0, 0.05) is 31.9 Å². The topological polar surface area (TPSA) is 6.48 Å². The minimum Gasteiger partial charge on any atom is -0.369 e. The zero-order valence-corrected chi connectivity index (χ0v) is 14.1. The summed E-state index contributed by atoms with van der Waals surface area (Å²) in [7, 11) is 2.21. The molecule has 0 radical (unpaired) electrons. The lowest BCUT2D eigenvalue weighted by atomic mass is 9.89. The first-order valence-corrected chi connectivity index (χ1v) is 8.78. The number of benzene rings is 1. The van der Waals surface area contributed by atoms with Gasteiger partial charge in [-0.15, -0.1) is 0 Å². The van der Waals surface area contributed by atoms with Crippen molar-refractivity contribution in [2.75, 3.05) is 38.1 Å². The number of piperazine rings is 1. The molecule has 1 aromatic carbocycles. The van der Waals surface area contributed by atoms with Crippen molar-refractivity contribution in [1.29, 1.82) is 0 Å². The van der Waals surface area contributed by atoms with E-state index in [4.69, 9.17) is 0 Å². The van der Waals surface area contributed by atoms with Crippen LogP contribution in [0.2, 0.25) is 0 Å². The largest absolute Gasteiger partial charge is 0.369 e. The molecule has 1 atom stereocenters. The summed E-state index contributed by atoms with van der Waals surface area (Å²) < 4.78 is 0. The highest BCUT2D eigenvalue weighted by Crippen LogP contribution is 2.28. The van der Waals surface area contributed by atoms with Gasteiger partial charge >= 0.3 is 0 Å². The van der Waals surface area contributed by atoms with Crippen LogP contribution in [0.5, 0.6) is 0 Å². The van der Waals surface area contributed by atoms with E-state index in [0.29, 0.717) is 0 Å². The van der Waals surface area contributed by atoms with Crippen LogP contribution >= 0.6 is 0 Å². The standard InChI is InChI=1S/C19H32N2/c1-4-6-8-17(7-5-2)18-9-11-19(12-10-18)21-15-13-20(3)14-16-21/h9-12,17H,4-8,13-16H2,1-3H3. The minimum absolute atomic E-state index is 0.761. The smallest absolute Gasteiger partial charge is 0.0367 e. The Labute approximate surface area is 131 Å². The number of unbranched alkanes of at least 4 members (excludes halogenated alkanes) is 1. The van der Waals surface area contributed by atoms with Gasteiger partial charge in [0.05, 0.1) is 0 Å². The highest BCUT2D eigenvalue weighted by atomic mass is 15.2. The van der Waals surface area contributed by atoms with Gasteiger partial charge in [-0.05, 0) is 43.5 Å². The van der Waals surface area contributed by atoms with E-state index in [1.165, 1.54) is 50.9 Å². The molecule has 0 saturated carbocycles. The lowest BCUT2D eigenvalue weighted by Crippen LogP contribution is -2.44. The summed E-state index contributed by atoms with van der Waals surface area (Å²) in [6, 6.07) is 9.44. The molecule has 2 heteroatoms. The Hall–Kier alpha value is -1.02. The first-order valence-electron chi connectivity index (χ1n) is 8.78. The van der Waals surface area contributed by atoms with Crippen molar-refractivity contribution in [1.82, 2.24) is 4.90 Å². The zero-order valence-electron chi connectivity index (χ0n) is 14.1. The van der Waals surface area contributed by atoms with Gasteiger partial charge in [-0.3, -0.25) is 0 Å². The van der Waals surface area contributed by atoms with Crippen molar-refractivity contribution in [3.05, 3.63) is 29.8 Å². The first-order chi connectivity index (χ1) is 10.2. The third kappa shape index (κ3) is 4.74. The molecule has 0 aromatic heterocycles. The summed E-state index contributed by atoms with van der Waals surface area (Å²) in [6.45, 7) is 9.26. The molecule has 21 heavy (non-hydrogen) atoms. The lowest BCUT2D eigenvalue weighted by molar-refractivity contribution is 0.313. The van der Waals surface area contributed by atoms with Crippen LogP contribution in [0.4, 0.5) is 5.69 Å². The second-order valence-electron chi connectivity index (χ2n) is 6.51. The van der Waals surface area contributed by atoms with Crippen molar-refractivity contribution >= 4 is 5.69 Å². The fraction of sp³-hybridized carbons (Fsp3) is 0.684. The third-order valence-electron chi connectivity index (χ3n) is 4.78. The second-order valence-corrected chi connectivity index (χ2v) is 6.51. The molecule has 0 spiro atoms. The van der Waals surface area contributed by atoms with Crippen LogP contribution in [0.3, 0.4) is 0 Å². The average Bonchev–Trinajstić information content (AvgIpc) is 2.52. The molecule has 1 fully saturated rings. The number of anilines is 1. The number of hydrogen-bond donors (Lipinski definition) is 0. The average molecular weight is 288 g/mol. The molecule has 1 aliphatic heterocycles. The number of likely N-dealkylation sites (N-methyl/N-ethyl adjacent to an activating group) is 1. The van der Waals surface area contributed by atoms with Crippen LogP contribution in [-0.2, 0) is 0 Å². The normalized spacial score (nSPS) is 18.0. The van der Waals surface area contributed by atoms with E-state index in [-0.39, 0.29) is 0 Å². The van der Waals surface area contributed by atoms with E-state index < -0.39 is 0 Å². The van der Waals surface area contributed by atoms with Gasteiger partial charge in [0.1, 0.15) is 0 Å². The summed E-state index contributed by atoms with van der Waals surface area (Å²) in [5.41, 5.74) is 2.95. The molecule has 2 nitrogen and oxygen atoms in total. The fourth-order valence-corrected chi connectivity index (χ4v) is 3.30. The van der Waals surface area contributed by atoms with Crippen LogP contribution in [0.1, 0.15) is 57.4 Å². The van der Waals surface area contributed by atoms with Gasteiger partial charge in [-0.1, -0.05) is 45.2 Å². The van der Waals surface area contributed by atoms with E-state index in [1.807, 2.05) is 0 Å². The molecule has 0 aliphatic carbocycles. The molecule has 2 rings (SSSR count). The summed E-state index contributed by atoms with van der Waals surface area (Å²) in [4.78, 5) is 4.93. The summed E-state index contributed by atoms with van der Waals surface area (Å²) in [5.74, 6) is 0.761. The van der Waals surface area contributed by atoms with Gasteiger partial charge in [0.25, 0.3) is 0 Å². The van der Waals surface area contributed by atoms with Crippen LogP contribution in [-0.4, -0.2) is 38.1 Å². The molecule has 1 aliphatic rings. The van der Waals surface area contributed by atoms with Crippen LogP contribution in [0, 0.1) is 0 Å². The Bertz CT molecular complexity index is 391. The number of nitrogens with zero attached hydrogens (tertiary/aromatic N) is 2. The molecule has 118 valence electrons. The van der Waals surface area contributed by atoms with Crippen LogP contribution in [0.25, 0.3) is 0 Å². The quantitative estimate of drug-likeness (QED) is 0.728. The highest BCUT2D eigenvalue weighted by Gasteiger charge is 2.15. The molecule has 1 aromatic rings. The van der Waals surface area contributed by atoms with Crippen molar-refractivity contribution in [2.24, 2.45) is 0 Å². The second kappa shape index (κ2) is 8.43. The molecule has 0 N–H and O–H groups in total. The predicted molar refractivity (Wildman–Crippen MR) is 93.3 cm³/mol. The van der Waals surface area contributed by atoms with E-state index in [0.717, 1.165) is 19.0 Å². The van der Waals surface area contributed by atoms with Crippen molar-refractivity contribution in [3.63, 3.8) is 0 Å². The maximum Gasteiger partial charge on any atom is 0.0367 e. The summed E-state index contributed by atoms with van der Waals surface area (Å²) in [5, 5.41) is 0. The van der Waals surface area contributed by atoms with Gasteiger partial charge in [-0.25, -0.2) is 0 Å². The zero-order chi connectivity index (χ0) is 15.1. The molecule has 0 bridgehead atoms. The Morgan fingerprint density at radius 2 is 1.57 bits per heavy atom. The van der Waals surface area contributed by atoms with Crippen molar-refractivity contribution < 1.29 is 0 Å². The third-order valence-corrected chi connectivity index (χ3v) is 4.78. The van der Waals surface area contributed by atoms with Crippen molar-refractivity contribution in [3.8, 4) is 0 Å². The van der Waals surface area contributed by atoms with Gasteiger partial charge in [0.2, 0.25) is 0 Å². The van der Waals surface area contributed by atoms with Gasteiger partial charge in [0.15, 0.2) is 0 Å². The molecular formula is C19H32N2. The van der Waals surface area contributed by atoms with Crippen LogP contribution < -0.4 is 4.90 Å². The molecule has 1 saturated heterocycles. The lowest BCUT2D eigenvalue weighted by Gasteiger charge is -2.34. The number of hydrogen-bond acceptors (Lipinski definition) is 2. The molecule has 1 unspecified atom stereocenters. The Morgan fingerprint density at radius 1 is 0.905 bits per heavy atom. The molecular weight excluding hydrogens is 256 g/mol. The highest BCUT2D eigenvalue weighted by molar-refractivity contribution is 5.48. The SMILES string of the molecule is CCCCC(CCC)c1ccc(N2CCN(C)CC2)cc1. The van der Waals surface area contributed by atoms with Gasteiger partial charge < -0.3 is 9.80 Å². The Morgan fingerprint density at radius 3 is 2.14 bits per heavy atom. The predicted octanol–water partition coefficient (Wildman–Crippen LogP) is 4.51. The maximum absolute atomic E-state index is 2.52. The van der Waals surface area contributed by atoms with Gasteiger partial charge in [-0.2, -0.15) is 0 Å². The molecule has 1 heterocycles. The van der Waals surface area contributed by atoms with E-state index in [9.17, 15) is 0 Å². The van der Waals surface area contributed by atoms with E-state index >= 15 is 0 Å². The Balaban J connectivity index is 1.99.